The lowest BCUT2D eigenvalue weighted by Crippen LogP contribution is -2.38. The zero-order valence-corrected chi connectivity index (χ0v) is 11.9. The van der Waals surface area contributed by atoms with Crippen LogP contribution in [-0.2, 0) is 21.7 Å². The van der Waals surface area contributed by atoms with Crippen molar-refractivity contribution in [3.05, 3.63) is 18.7 Å². The van der Waals surface area contributed by atoms with Gasteiger partial charge in [0.1, 0.15) is 12.4 Å². The summed E-state index contributed by atoms with van der Waals surface area (Å²) in [5.41, 5.74) is 5.63. The van der Waals surface area contributed by atoms with E-state index in [-0.39, 0.29) is 12.3 Å². The number of rotatable bonds is 10. The molecule has 6 heteroatoms. The zero-order valence-electron chi connectivity index (χ0n) is 11.9. The molecule has 0 saturated heterocycles. The Labute approximate surface area is 114 Å². The molecule has 0 aliphatic heterocycles. The van der Waals surface area contributed by atoms with E-state index in [1.165, 1.54) is 0 Å². The highest BCUT2D eigenvalue weighted by molar-refractivity contribution is 4.77. The average Bonchev–Trinajstić information content (AvgIpc) is 2.81. The summed E-state index contributed by atoms with van der Waals surface area (Å²) < 4.78 is 14.6. The van der Waals surface area contributed by atoms with Crippen LogP contribution in [0, 0.1) is 0 Å². The smallest absolute Gasteiger partial charge is 0.245 e. The van der Waals surface area contributed by atoms with Crippen molar-refractivity contribution in [3.8, 4) is 0 Å². The Balaban J connectivity index is 2.08. The Hall–Kier alpha value is -0.950. The van der Waals surface area contributed by atoms with E-state index in [4.69, 9.17) is 20.3 Å². The van der Waals surface area contributed by atoms with Crippen molar-refractivity contribution in [2.75, 3.05) is 33.0 Å². The SMILES string of the molecule is CC(C)(N)n1cc[n+](CCCOCCOCCO)c1. The second kappa shape index (κ2) is 8.27. The Morgan fingerprint density at radius 3 is 2.47 bits per heavy atom. The highest BCUT2D eigenvalue weighted by Gasteiger charge is 2.19. The minimum absolute atomic E-state index is 0.0606. The number of aryl methyl sites for hydroxylation is 1. The summed E-state index contributed by atoms with van der Waals surface area (Å²) in [4.78, 5) is 0. The normalized spacial score (nSPS) is 12.0. The maximum Gasteiger partial charge on any atom is 0.245 e. The van der Waals surface area contributed by atoms with Crippen LogP contribution in [0.4, 0.5) is 0 Å². The lowest BCUT2D eigenvalue weighted by molar-refractivity contribution is -0.697. The van der Waals surface area contributed by atoms with Gasteiger partial charge in [0, 0.05) is 6.42 Å². The van der Waals surface area contributed by atoms with E-state index >= 15 is 0 Å². The van der Waals surface area contributed by atoms with Crippen molar-refractivity contribution in [2.24, 2.45) is 5.73 Å². The van der Waals surface area contributed by atoms with Crippen LogP contribution in [0.25, 0.3) is 0 Å². The molecule has 0 saturated carbocycles. The van der Waals surface area contributed by atoms with Gasteiger partial charge in [0.15, 0.2) is 5.66 Å². The average molecular weight is 272 g/mol. The van der Waals surface area contributed by atoms with E-state index in [2.05, 4.69) is 4.57 Å². The maximum atomic E-state index is 8.51. The van der Waals surface area contributed by atoms with Gasteiger partial charge < -0.3 is 14.6 Å². The van der Waals surface area contributed by atoms with Gasteiger partial charge in [0.25, 0.3) is 0 Å². The minimum Gasteiger partial charge on any atom is -0.394 e. The van der Waals surface area contributed by atoms with Crippen LogP contribution in [0.15, 0.2) is 18.7 Å². The Bertz CT molecular complexity index is 347. The number of nitrogens with zero attached hydrogens (tertiary/aromatic N) is 2. The van der Waals surface area contributed by atoms with Crippen LogP contribution in [-0.4, -0.2) is 42.7 Å². The van der Waals surface area contributed by atoms with Gasteiger partial charge in [-0.05, 0) is 13.8 Å². The molecule has 0 radical (unpaired) electrons. The van der Waals surface area contributed by atoms with Gasteiger partial charge in [0.05, 0.1) is 39.6 Å². The van der Waals surface area contributed by atoms with Gasteiger partial charge in [-0.3, -0.25) is 5.73 Å². The molecule has 1 aromatic heterocycles. The summed E-state index contributed by atoms with van der Waals surface area (Å²) in [5, 5.41) is 8.51. The first kappa shape index (κ1) is 16.1. The Morgan fingerprint density at radius 1 is 1.21 bits per heavy atom. The molecule has 0 bridgehead atoms. The third kappa shape index (κ3) is 6.68. The van der Waals surface area contributed by atoms with E-state index < -0.39 is 0 Å². The predicted octanol–water partition coefficient (Wildman–Crippen LogP) is -0.157. The predicted molar refractivity (Wildman–Crippen MR) is 71.5 cm³/mol. The lowest BCUT2D eigenvalue weighted by Gasteiger charge is -2.13. The molecular weight excluding hydrogens is 246 g/mol. The lowest BCUT2D eigenvalue weighted by atomic mass is 10.3. The van der Waals surface area contributed by atoms with E-state index in [0.29, 0.717) is 26.4 Å². The fourth-order valence-electron chi connectivity index (χ4n) is 1.60. The fraction of sp³-hybridized carbons (Fsp3) is 0.769. The highest BCUT2D eigenvalue weighted by Crippen LogP contribution is 2.03. The third-order valence-corrected chi connectivity index (χ3v) is 2.67. The second-order valence-corrected chi connectivity index (χ2v) is 5.01. The number of imidazole rings is 1. The first-order chi connectivity index (χ1) is 9.04. The van der Waals surface area contributed by atoms with Gasteiger partial charge in [-0.15, -0.1) is 0 Å². The monoisotopic (exact) mass is 272 g/mol. The van der Waals surface area contributed by atoms with Crippen LogP contribution in [0.3, 0.4) is 0 Å². The van der Waals surface area contributed by atoms with Crippen molar-refractivity contribution in [3.63, 3.8) is 0 Å². The topological polar surface area (TPSA) is 73.5 Å². The minimum atomic E-state index is -0.369. The van der Waals surface area contributed by atoms with Gasteiger partial charge in [-0.2, -0.15) is 0 Å². The van der Waals surface area contributed by atoms with Crippen molar-refractivity contribution < 1.29 is 19.1 Å². The molecule has 0 fully saturated rings. The second-order valence-electron chi connectivity index (χ2n) is 5.01. The zero-order chi connectivity index (χ0) is 14.1. The molecule has 1 heterocycles. The fourth-order valence-corrected chi connectivity index (χ4v) is 1.60. The van der Waals surface area contributed by atoms with E-state index in [1.807, 2.05) is 37.1 Å². The molecular formula is C13H26N3O3+. The van der Waals surface area contributed by atoms with Crippen molar-refractivity contribution in [1.82, 2.24) is 4.57 Å². The van der Waals surface area contributed by atoms with Crippen LogP contribution in [0.2, 0.25) is 0 Å². The van der Waals surface area contributed by atoms with Crippen LogP contribution in [0.5, 0.6) is 0 Å². The van der Waals surface area contributed by atoms with Crippen molar-refractivity contribution in [2.45, 2.75) is 32.5 Å². The first-order valence-electron chi connectivity index (χ1n) is 6.67. The number of aromatic nitrogens is 2. The van der Waals surface area contributed by atoms with Gasteiger partial charge in [-0.25, -0.2) is 9.13 Å². The largest absolute Gasteiger partial charge is 0.394 e. The number of aliphatic hydroxyl groups excluding tert-OH is 1. The molecule has 0 unspecified atom stereocenters. The quantitative estimate of drug-likeness (QED) is 0.459. The first-order valence-corrected chi connectivity index (χ1v) is 6.67. The standard InChI is InChI=1S/C13H26N3O3/c1-13(2,14)16-6-5-15(12-16)4-3-8-18-10-11-19-9-7-17/h5-6,12,17H,3-4,7-11,14H2,1-2H3/q+1. The number of hydrogen-bond donors (Lipinski definition) is 2. The van der Waals surface area contributed by atoms with Crippen LogP contribution in [0.1, 0.15) is 20.3 Å². The van der Waals surface area contributed by atoms with Gasteiger partial charge in [0.2, 0.25) is 6.33 Å². The molecule has 19 heavy (non-hydrogen) atoms. The van der Waals surface area contributed by atoms with Crippen molar-refractivity contribution in [1.29, 1.82) is 0 Å². The molecule has 1 aromatic rings. The molecule has 6 nitrogen and oxygen atoms in total. The molecule has 0 aliphatic rings. The summed E-state index contributed by atoms with van der Waals surface area (Å²) in [6.45, 7) is 7.08. The van der Waals surface area contributed by atoms with Gasteiger partial charge in [-0.1, -0.05) is 0 Å². The van der Waals surface area contributed by atoms with Crippen LogP contribution < -0.4 is 10.3 Å². The Morgan fingerprint density at radius 2 is 1.89 bits per heavy atom. The number of ether oxygens (including phenoxy) is 2. The van der Waals surface area contributed by atoms with E-state index in [9.17, 15) is 0 Å². The molecule has 3 N–H and O–H groups in total. The molecule has 0 atom stereocenters. The molecule has 0 aliphatic carbocycles. The summed E-state index contributed by atoms with van der Waals surface area (Å²) in [7, 11) is 0. The summed E-state index contributed by atoms with van der Waals surface area (Å²) in [6, 6.07) is 0. The maximum absolute atomic E-state index is 8.51. The summed E-state index contributed by atoms with van der Waals surface area (Å²) in [5.74, 6) is 0. The van der Waals surface area contributed by atoms with E-state index in [1.54, 1.807) is 0 Å². The molecule has 0 amide bonds. The molecule has 0 aromatic carbocycles. The summed E-state index contributed by atoms with van der Waals surface area (Å²) >= 11 is 0. The number of hydrogen-bond acceptors (Lipinski definition) is 4. The van der Waals surface area contributed by atoms with Gasteiger partial charge >= 0.3 is 0 Å². The molecule has 110 valence electrons. The summed E-state index contributed by atoms with van der Waals surface area (Å²) in [6.07, 6.45) is 6.94. The molecule has 1 rings (SSSR count). The number of aliphatic hydroxyl groups is 1. The van der Waals surface area contributed by atoms with Crippen LogP contribution >= 0.6 is 0 Å². The van der Waals surface area contributed by atoms with E-state index in [0.717, 1.165) is 13.0 Å². The highest BCUT2D eigenvalue weighted by atomic mass is 16.5. The van der Waals surface area contributed by atoms with Crippen molar-refractivity contribution >= 4 is 0 Å². The third-order valence-electron chi connectivity index (χ3n) is 2.67. The number of nitrogens with two attached hydrogens (primary N) is 1. The molecule has 0 spiro atoms. The Kier molecular flexibility index (Phi) is 7.01.